The normalized spacial score (nSPS) is 9.56. The molecule has 0 bridgehead atoms. The Morgan fingerprint density at radius 2 is 1.19 bits per heavy atom. The van der Waals surface area contributed by atoms with Crippen LogP contribution in [0.2, 0.25) is 0 Å². The molecule has 0 radical (unpaired) electrons. The van der Waals surface area contributed by atoms with Crippen LogP contribution in [0.1, 0.15) is 1.43 Å². The van der Waals surface area contributed by atoms with Gasteiger partial charge in [0.1, 0.15) is 0 Å². The van der Waals surface area contributed by atoms with Crippen molar-refractivity contribution >= 4 is 31.7 Å². The number of carbonyl (C=O) groups excluding carboxylic acids is 2. The fourth-order valence-corrected chi connectivity index (χ4v) is 0.919. The number of hydrogen-bond acceptors (Lipinski definition) is 7. The first-order valence-corrected chi connectivity index (χ1v) is 4.42. The molecule has 0 saturated heterocycles. The van der Waals surface area contributed by atoms with E-state index in [0.29, 0.717) is 0 Å². The van der Waals surface area contributed by atoms with Crippen LogP contribution in [0.4, 0.5) is 0 Å². The van der Waals surface area contributed by atoms with Gasteiger partial charge >= 0.3 is 61.3 Å². The Morgan fingerprint density at radius 3 is 1.38 bits per heavy atom. The third kappa shape index (κ3) is 6.53. The molecule has 0 unspecified atom stereocenters. The maximum atomic E-state index is 10.6. The molecule has 86 valence electrons. The third-order valence-corrected chi connectivity index (χ3v) is 1.54. The van der Waals surface area contributed by atoms with Crippen LogP contribution in [-0.4, -0.2) is 39.0 Å². The van der Waals surface area contributed by atoms with Crippen molar-refractivity contribution in [2.75, 3.05) is 0 Å². The van der Waals surface area contributed by atoms with Gasteiger partial charge in [-0.3, -0.25) is 4.89 Å². The van der Waals surface area contributed by atoms with Gasteiger partial charge in [0.15, 0.2) is 0 Å². The van der Waals surface area contributed by atoms with E-state index in [1.165, 1.54) is 0 Å². The smallest absolute Gasteiger partial charge is 1.00 e. The molecule has 0 amide bonds. The number of phosphoric ester groups is 1. The van der Waals surface area contributed by atoms with Crippen LogP contribution < -0.4 is 29.6 Å². The number of carboxylic acids is 2. The zero-order chi connectivity index (χ0) is 12.2. The predicted molar refractivity (Wildman–Crippen MR) is 38.4 cm³/mol. The first-order valence-electron chi connectivity index (χ1n) is 2.92. The standard InChI is InChI=1S/C4H3O10P.Na.H/c5-1(6)3(9)13-15(11,12)14-4(10)2(7)8;;/h(H,5,6)(H,7,8)(H,11,12);;/q;+1;-1. The van der Waals surface area contributed by atoms with Crippen LogP contribution >= 0.6 is 7.82 Å². The monoisotopic (exact) mass is 266 g/mol. The molecule has 3 N–H and O–H groups in total. The van der Waals surface area contributed by atoms with E-state index in [0.717, 1.165) is 0 Å². The van der Waals surface area contributed by atoms with E-state index < -0.39 is 31.7 Å². The Bertz CT molecular complexity index is 347. The predicted octanol–water partition coefficient (Wildman–Crippen LogP) is -4.54. The zero-order valence-electron chi connectivity index (χ0n) is 8.65. The van der Waals surface area contributed by atoms with E-state index in [4.69, 9.17) is 15.1 Å². The van der Waals surface area contributed by atoms with Gasteiger partial charge in [-0.05, 0) is 0 Å². The van der Waals surface area contributed by atoms with Gasteiger partial charge in [-0.1, -0.05) is 0 Å². The maximum Gasteiger partial charge on any atom is 1.00 e. The second-order valence-corrected chi connectivity index (χ2v) is 3.14. The van der Waals surface area contributed by atoms with Crippen molar-refractivity contribution in [3.8, 4) is 0 Å². The second-order valence-electron chi connectivity index (χ2n) is 1.84. The number of phosphoric acid groups is 1. The van der Waals surface area contributed by atoms with Crippen LogP contribution in [0.3, 0.4) is 0 Å². The van der Waals surface area contributed by atoms with Gasteiger partial charge in [0.05, 0.1) is 0 Å². The van der Waals surface area contributed by atoms with Crippen LogP contribution in [0.5, 0.6) is 0 Å². The van der Waals surface area contributed by atoms with Crippen molar-refractivity contribution in [3.63, 3.8) is 0 Å². The molecule has 10 nitrogen and oxygen atoms in total. The van der Waals surface area contributed by atoms with E-state index in [1.54, 1.807) is 0 Å². The second kappa shape index (κ2) is 6.61. The molecular weight excluding hydrogens is 262 g/mol. The molecule has 0 saturated carbocycles. The molecular formula is C4H4NaO10P. The Morgan fingerprint density at radius 1 is 0.938 bits per heavy atom. The molecule has 0 aromatic carbocycles. The Kier molecular flexibility index (Phi) is 7.21. The summed E-state index contributed by atoms with van der Waals surface area (Å²) in [5.74, 6) is -8.76. The minimum atomic E-state index is -5.37. The average Bonchev–Trinajstić information content (AvgIpc) is 2.01. The summed E-state index contributed by atoms with van der Waals surface area (Å²) in [4.78, 5) is 48.6. The maximum absolute atomic E-state index is 10.6. The van der Waals surface area contributed by atoms with Crippen LogP contribution in [0, 0.1) is 0 Å². The van der Waals surface area contributed by atoms with E-state index in [2.05, 4.69) is 9.05 Å². The van der Waals surface area contributed by atoms with Crippen molar-refractivity contribution in [2.45, 2.75) is 0 Å². The molecule has 0 spiro atoms. The van der Waals surface area contributed by atoms with E-state index in [-0.39, 0.29) is 31.0 Å². The minimum absolute atomic E-state index is 0. The van der Waals surface area contributed by atoms with Crippen molar-refractivity contribution < 1.29 is 78.9 Å². The molecule has 0 aliphatic carbocycles. The topological polar surface area (TPSA) is 164 Å². The van der Waals surface area contributed by atoms with Gasteiger partial charge in [-0.25, -0.2) is 23.7 Å². The molecule has 0 atom stereocenters. The Hall–Kier alpha value is -0.930. The van der Waals surface area contributed by atoms with E-state index in [9.17, 15) is 23.7 Å². The summed E-state index contributed by atoms with van der Waals surface area (Å²) >= 11 is 0. The number of hydrogen-bond donors (Lipinski definition) is 3. The fraction of sp³-hybridized carbons (Fsp3) is 0. The summed E-state index contributed by atoms with van der Waals surface area (Å²) in [5.41, 5.74) is 0. The summed E-state index contributed by atoms with van der Waals surface area (Å²) < 4.78 is 17.2. The molecule has 0 aromatic rings. The zero-order valence-corrected chi connectivity index (χ0v) is 10.5. The molecule has 0 aliphatic heterocycles. The number of rotatable bonds is 2. The average molecular weight is 266 g/mol. The molecule has 16 heavy (non-hydrogen) atoms. The summed E-state index contributed by atoms with van der Waals surface area (Å²) in [6.45, 7) is 0. The Labute approximate surface area is 111 Å². The minimum Gasteiger partial charge on any atom is -1.00 e. The fourth-order valence-electron chi connectivity index (χ4n) is 0.306. The molecule has 0 aromatic heterocycles. The first-order chi connectivity index (χ1) is 6.65. The van der Waals surface area contributed by atoms with Gasteiger partial charge in [-0.2, -0.15) is 0 Å². The van der Waals surface area contributed by atoms with Gasteiger partial charge in [0, 0.05) is 0 Å². The van der Waals surface area contributed by atoms with Gasteiger partial charge < -0.3 is 20.7 Å². The van der Waals surface area contributed by atoms with Gasteiger partial charge in [0.25, 0.3) is 0 Å². The van der Waals surface area contributed by atoms with Crippen molar-refractivity contribution in [2.24, 2.45) is 0 Å². The third-order valence-electron chi connectivity index (χ3n) is 0.746. The van der Waals surface area contributed by atoms with Crippen molar-refractivity contribution in [1.29, 1.82) is 0 Å². The molecule has 12 heteroatoms. The Balaban J connectivity index is -0.000000980. The van der Waals surface area contributed by atoms with Crippen LogP contribution in [-0.2, 0) is 32.8 Å². The molecule has 0 fully saturated rings. The van der Waals surface area contributed by atoms with Crippen molar-refractivity contribution in [1.82, 2.24) is 0 Å². The largest absolute Gasteiger partial charge is 1.00 e. The molecule has 0 rings (SSSR count). The molecule has 0 heterocycles. The summed E-state index contributed by atoms with van der Waals surface area (Å²) in [6.07, 6.45) is 0. The van der Waals surface area contributed by atoms with E-state index in [1.807, 2.05) is 0 Å². The number of aliphatic carboxylic acids is 2. The SMILES string of the molecule is O=C(O)C(=O)OP(=O)(O)OC(=O)C(=O)O.[H-].[Na+]. The summed E-state index contributed by atoms with van der Waals surface area (Å²) in [5, 5.41) is 15.9. The van der Waals surface area contributed by atoms with Crippen molar-refractivity contribution in [3.05, 3.63) is 0 Å². The quantitative estimate of drug-likeness (QED) is 0.251. The molecule has 0 aliphatic rings. The number of carboxylic acid groups (broad SMARTS) is 2. The first kappa shape index (κ1) is 17.5. The summed E-state index contributed by atoms with van der Waals surface area (Å²) in [6, 6.07) is 0. The van der Waals surface area contributed by atoms with Gasteiger partial charge in [-0.15, -0.1) is 0 Å². The van der Waals surface area contributed by atoms with Crippen LogP contribution in [0.15, 0.2) is 0 Å². The summed E-state index contributed by atoms with van der Waals surface area (Å²) in [7, 11) is -5.37. The van der Waals surface area contributed by atoms with Gasteiger partial charge in [0.2, 0.25) is 0 Å². The van der Waals surface area contributed by atoms with Crippen LogP contribution in [0.25, 0.3) is 0 Å². The van der Waals surface area contributed by atoms with E-state index >= 15 is 0 Å². The number of carbonyl (C=O) groups is 4.